The average molecular weight is 544 g/mol. The van der Waals surface area contributed by atoms with Gasteiger partial charge in [-0.05, 0) is 62.8 Å². The molecule has 3 aliphatic rings. The summed E-state index contributed by atoms with van der Waals surface area (Å²) in [4.78, 5) is 2.95. The molecule has 230 valence electrons. The Morgan fingerprint density at radius 2 is 1.05 bits per heavy atom. The molecule has 0 aromatic heterocycles. The van der Waals surface area contributed by atoms with E-state index in [4.69, 9.17) is 0 Å². The minimum atomic E-state index is 0.860. The third-order valence-corrected chi connectivity index (χ3v) is 11.9. The van der Waals surface area contributed by atoms with Crippen LogP contribution in [0.1, 0.15) is 200 Å². The summed E-state index contributed by atoms with van der Waals surface area (Å²) in [6.45, 7) is 4.73. The molecule has 0 amide bonds. The summed E-state index contributed by atoms with van der Waals surface area (Å²) in [7, 11) is 2.55. The number of unbranched alkanes of at least 4 members (excludes halogenated alkanes) is 6. The first kappa shape index (κ1) is 33.5. The molecule has 5 unspecified atom stereocenters. The zero-order valence-corrected chi connectivity index (χ0v) is 27.4. The second kappa shape index (κ2) is 20.8. The Balaban J connectivity index is 1.48. The molecular weight excluding hydrogens is 470 g/mol. The van der Waals surface area contributed by atoms with Gasteiger partial charge in [0, 0.05) is 12.1 Å². The molecule has 0 aromatic carbocycles. The van der Waals surface area contributed by atoms with E-state index >= 15 is 0 Å². The SMILES string of the molecule is CCCCCCCCC1CCCC(CCCC)C(CCCC2CCCC3CCCCCCCC3CCC2)N1C. The van der Waals surface area contributed by atoms with Crippen LogP contribution in [-0.4, -0.2) is 24.0 Å². The first-order chi connectivity index (χ1) is 19.2. The molecule has 2 saturated carbocycles. The van der Waals surface area contributed by atoms with Crippen LogP contribution in [0.25, 0.3) is 0 Å². The van der Waals surface area contributed by atoms with E-state index in [0.29, 0.717) is 0 Å². The normalized spacial score (nSPS) is 32.1. The molecule has 0 bridgehead atoms. The maximum atomic E-state index is 2.95. The fraction of sp³-hybridized carbons (Fsp3) is 1.00. The van der Waals surface area contributed by atoms with E-state index in [9.17, 15) is 0 Å². The summed E-state index contributed by atoms with van der Waals surface area (Å²) in [6, 6.07) is 1.72. The van der Waals surface area contributed by atoms with Gasteiger partial charge in [-0.2, -0.15) is 0 Å². The van der Waals surface area contributed by atoms with E-state index in [0.717, 1.165) is 35.8 Å². The number of nitrogens with zero attached hydrogens (tertiary/aromatic N) is 1. The number of hydrogen-bond donors (Lipinski definition) is 0. The van der Waals surface area contributed by atoms with Crippen LogP contribution in [-0.2, 0) is 0 Å². The Morgan fingerprint density at radius 3 is 1.74 bits per heavy atom. The second-order valence-electron chi connectivity index (χ2n) is 14.8. The molecule has 1 nitrogen and oxygen atoms in total. The predicted molar refractivity (Wildman–Crippen MR) is 175 cm³/mol. The molecule has 3 rings (SSSR count). The first-order valence-corrected chi connectivity index (χ1v) is 18.9. The van der Waals surface area contributed by atoms with Crippen molar-refractivity contribution in [2.45, 2.75) is 212 Å². The quantitative estimate of drug-likeness (QED) is 0.197. The Morgan fingerprint density at radius 1 is 0.462 bits per heavy atom. The van der Waals surface area contributed by atoms with Crippen LogP contribution < -0.4 is 0 Å². The Hall–Kier alpha value is -0.0400. The first-order valence-electron chi connectivity index (χ1n) is 18.9. The molecule has 1 saturated heterocycles. The van der Waals surface area contributed by atoms with Crippen LogP contribution in [0.2, 0.25) is 0 Å². The Labute approximate surface area is 247 Å². The lowest BCUT2D eigenvalue weighted by Gasteiger charge is -2.37. The van der Waals surface area contributed by atoms with Gasteiger partial charge in [-0.15, -0.1) is 0 Å². The maximum Gasteiger partial charge on any atom is 0.0123 e. The van der Waals surface area contributed by atoms with Gasteiger partial charge in [0.25, 0.3) is 0 Å². The van der Waals surface area contributed by atoms with Crippen molar-refractivity contribution < 1.29 is 0 Å². The molecule has 0 aromatic rings. The lowest BCUT2D eigenvalue weighted by molar-refractivity contribution is 0.113. The zero-order chi connectivity index (χ0) is 27.5. The van der Waals surface area contributed by atoms with Crippen molar-refractivity contribution >= 4 is 0 Å². The van der Waals surface area contributed by atoms with E-state index < -0.39 is 0 Å². The second-order valence-corrected chi connectivity index (χ2v) is 14.8. The van der Waals surface area contributed by atoms with Gasteiger partial charge in [-0.1, -0.05) is 168 Å². The molecule has 0 N–H and O–H groups in total. The highest BCUT2D eigenvalue weighted by Crippen LogP contribution is 2.39. The fourth-order valence-corrected chi connectivity index (χ4v) is 9.33. The fourth-order valence-electron chi connectivity index (χ4n) is 9.33. The summed E-state index contributed by atoms with van der Waals surface area (Å²) < 4.78 is 0. The number of rotatable bonds is 14. The highest BCUT2D eigenvalue weighted by Gasteiger charge is 2.32. The van der Waals surface area contributed by atoms with Gasteiger partial charge in [0.2, 0.25) is 0 Å². The molecular formula is C38H73N. The zero-order valence-electron chi connectivity index (χ0n) is 27.4. The van der Waals surface area contributed by atoms with E-state index in [1.165, 1.54) is 148 Å². The number of hydrogen-bond acceptors (Lipinski definition) is 1. The van der Waals surface area contributed by atoms with Gasteiger partial charge in [0.05, 0.1) is 0 Å². The summed E-state index contributed by atoms with van der Waals surface area (Å²) in [5.41, 5.74) is 0. The molecule has 0 radical (unpaired) electrons. The highest BCUT2D eigenvalue weighted by atomic mass is 15.2. The lowest BCUT2D eigenvalue weighted by Crippen LogP contribution is -2.42. The minimum absolute atomic E-state index is 0.860. The molecule has 0 spiro atoms. The largest absolute Gasteiger partial charge is 0.300 e. The van der Waals surface area contributed by atoms with Gasteiger partial charge < -0.3 is 4.90 Å². The molecule has 39 heavy (non-hydrogen) atoms. The van der Waals surface area contributed by atoms with Crippen molar-refractivity contribution in [1.82, 2.24) is 4.90 Å². The van der Waals surface area contributed by atoms with Crippen LogP contribution in [0.15, 0.2) is 0 Å². The van der Waals surface area contributed by atoms with Crippen LogP contribution in [0, 0.1) is 23.7 Å². The van der Waals surface area contributed by atoms with Gasteiger partial charge in [0.1, 0.15) is 0 Å². The number of likely N-dealkylation sites (tertiary alicyclic amines) is 1. The summed E-state index contributed by atoms with van der Waals surface area (Å²) >= 11 is 0. The summed E-state index contributed by atoms with van der Waals surface area (Å²) in [5, 5.41) is 0. The molecule has 1 heterocycles. The molecule has 5 atom stereocenters. The Bertz CT molecular complexity index is 551. The maximum absolute atomic E-state index is 2.95. The van der Waals surface area contributed by atoms with Gasteiger partial charge in [-0.3, -0.25) is 0 Å². The topological polar surface area (TPSA) is 3.24 Å². The van der Waals surface area contributed by atoms with Crippen LogP contribution in [0.4, 0.5) is 0 Å². The average Bonchev–Trinajstić information content (AvgIpc) is 3.01. The van der Waals surface area contributed by atoms with Crippen LogP contribution in [0.5, 0.6) is 0 Å². The van der Waals surface area contributed by atoms with Crippen molar-refractivity contribution in [2.24, 2.45) is 23.7 Å². The number of fused-ring (bicyclic) bond motifs is 1. The monoisotopic (exact) mass is 544 g/mol. The minimum Gasteiger partial charge on any atom is -0.300 e. The van der Waals surface area contributed by atoms with Crippen molar-refractivity contribution in [3.63, 3.8) is 0 Å². The Kier molecular flexibility index (Phi) is 17.8. The lowest BCUT2D eigenvalue weighted by atomic mass is 9.80. The summed E-state index contributed by atoms with van der Waals surface area (Å²) in [5.74, 6) is 4.14. The smallest absolute Gasteiger partial charge is 0.0123 e. The van der Waals surface area contributed by atoms with E-state index in [-0.39, 0.29) is 0 Å². The standard InChI is InChI=1S/C38H73N/c1-4-6-8-9-13-16-30-37-31-20-29-36(24-7-5-2)38(39(37)3)32-19-23-33-21-17-27-34-25-14-11-10-12-15-26-35(34)28-18-22-33/h33-38H,4-32H2,1-3H3. The molecule has 1 heteroatoms. The van der Waals surface area contributed by atoms with Gasteiger partial charge in [0.15, 0.2) is 0 Å². The third-order valence-electron chi connectivity index (χ3n) is 11.9. The van der Waals surface area contributed by atoms with Gasteiger partial charge in [-0.25, -0.2) is 0 Å². The predicted octanol–water partition coefficient (Wildman–Crippen LogP) is 12.5. The molecule has 2 aliphatic carbocycles. The van der Waals surface area contributed by atoms with Crippen molar-refractivity contribution in [1.29, 1.82) is 0 Å². The van der Waals surface area contributed by atoms with Crippen molar-refractivity contribution in [3.05, 3.63) is 0 Å². The van der Waals surface area contributed by atoms with Gasteiger partial charge >= 0.3 is 0 Å². The van der Waals surface area contributed by atoms with Crippen molar-refractivity contribution in [3.8, 4) is 0 Å². The van der Waals surface area contributed by atoms with Crippen LogP contribution >= 0.6 is 0 Å². The van der Waals surface area contributed by atoms with E-state index in [1.54, 1.807) is 38.5 Å². The van der Waals surface area contributed by atoms with Crippen LogP contribution in [0.3, 0.4) is 0 Å². The van der Waals surface area contributed by atoms with Crippen molar-refractivity contribution in [2.75, 3.05) is 7.05 Å². The highest BCUT2D eigenvalue weighted by molar-refractivity contribution is 4.87. The van der Waals surface area contributed by atoms with E-state index in [2.05, 4.69) is 25.8 Å². The van der Waals surface area contributed by atoms with E-state index in [1.807, 2.05) is 0 Å². The third kappa shape index (κ3) is 12.8. The summed E-state index contributed by atoms with van der Waals surface area (Å²) in [6.07, 6.45) is 43.4. The molecule has 1 aliphatic heterocycles. The molecule has 3 fully saturated rings.